The van der Waals surface area contributed by atoms with Gasteiger partial charge in [0.25, 0.3) is 5.91 Å². The zero-order valence-electron chi connectivity index (χ0n) is 16.2. The predicted octanol–water partition coefficient (Wildman–Crippen LogP) is 2.01. The van der Waals surface area contributed by atoms with E-state index < -0.39 is 0 Å². The normalized spacial score (nSPS) is 14.9. The summed E-state index contributed by atoms with van der Waals surface area (Å²) in [6, 6.07) is 7.44. The first-order valence-corrected chi connectivity index (χ1v) is 9.01. The number of hydrogen-bond acceptors (Lipinski definition) is 4. The highest BCUT2D eigenvalue weighted by Gasteiger charge is 2.26. The van der Waals surface area contributed by atoms with Crippen molar-refractivity contribution < 1.29 is 14.3 Å². The molecular weight excluding hydrogens is 459 g/mol. The molecule has 150 valence electrons. The summed E-state index contributed by atoms with van der Waals surface area (Å²) >= 11 is 0. The number of piperidine rings is 1. The summed E-state index contributed by atoms with van der Waals surface area (Å²) in [5.41, 5.74) is 1.68. The Morgan fingerprint density at radius 2 is 1.85 bits per heavy atom. The molecule has 0 radical (unpaired) electrons. The second-order valence-corrected chi connectivity index (χ2v) is 6.23. The largest absolute Gasteiger partial charge is 0.469 e. The molecule has 1 aromatic rings. The number of carbonyl (C=O) groups is 2. The molecule has 1 aliphatic rings. The zero-order valence-corrected chi connectivity index (χ0v) is 18.5. The molecule has 27 heavy (non-hydrogen) atoms. The number of benzene rings is 1. The van der Waals surface area contributed by atoms with Crippen LogP contribution in [0.15, 0.2) is 29.3 Å². The van der Waals surface area contributed by atoms with Gasteiger partial charge in [0.2, 0.25) is 0 Å². The maximum absolute atomic E-state index is 11.7. The summed E-state index contributed by atoms with van der Waals surface area (Å²) in [7, 11) is 3.06. The van der Waals surface area contributed by atoms with Crippen molar-refractivity contribution in [2.75, 3.05) is 33.8 Å². The lowest BCUT2D eigenvalue weighted by Crippen LogP contribution is -2.46. The number of esters is 1. The highest BCUT2D eigenvalue weighted by molar-refractivity contribution is 14.0. The van der Waals surface area contributed by atoms with Crippen molar-refractivity contribution in [2.45, 2.75) is 26.3 Å². The molecule has 1 aliphatic heterocycles. The summed E-state index contributed by atoms with van der Waals surface area (Å²) in [5.74, 6) is 0.618. The quantitative estimate of drug-likeness (QED) is 0.287. The first kappa shape index (κ1) is 23.2. The van der Waals surface area contributed by atoms with E-state index in [0.29, 0.717) is 12.1 Å². The minimum Gasteiger partial charge on any atom is -0.469 e. The van der Waals surface area contributed by atoms with Crippen LogP contribution in [-0.2, 0) is 16.1 Å². The van der Waals surface area contributed by atoms with Gasteiger partial charge in [0.05, 0.1) is 19.6 Å². The van der Waals surface area contributed by atoms with Crippen molar-refractivity contribution in [3.8, 4) is 0 Å². The minimum absolute atomic E-state index is 0. The second kappa shape index (κ2) is 11.8. The molecule has 1 aromatic carbocycles. The van der Waals surface area contributed by atoms with Crippen LogP contribution in [0.4, 0.5) is 0 Å². The van der Waals surface area contributed by atoms with Crippen LogP contribution < -0.4 is 10.6 Å². The molecule has 0 spiro atoms. The van der Waals surface area contributed by atoms with E-state index in [1.807, 2.05) is 19.1 Å². The standard InChI is InChI=1S/C19H28N4O3.HI/c1-4-21-19(23-11-9-16(10-12-23)18(25)26-3)22-13-14-5-7-15(8-6-14)17(24)20-2;/h5-8,16H,4,9-13H2,1-3H3,(H,20,24)(H,21,22);1H. The lowest BCUT2D eigenvalue weighted by molar-refractivity contribution is -0.146. The Labute approximate surface area is 178 Å². The molecule has 7 nitrogen and oxygen atoms in total. The smallest absolute Gasteiger partial charge is 0.308 e. The van der Waals surface area contributed by atoms with Crippen LogP contribution >= 0.6 is 24.0 Å². The Morgan fingerprint density at radius 1 is 1.22 bits per heavy atom. The van der Waals surface area contributed by atoms with Gasteiger partial charge in [-0.3, -0.25) is 9.59 Å². The predicted molar refractivity (Wildman–Crippen MR) is 116 cm³/mol. The molecular formula is C19H29IN4O3. The van der Waals surface area contributed by atoms with Crippen molar-refractivity contribution in [1.29, 1.82) is 0 Å². The summed E-state index contributed by atoms with van der Waals surface area (Å²) in [5, 5.41) is 5.93. The van der Waals surface area contributed by atoms with Gasteiger partial charge in [0.15, 0.2) is 5.96 Å². The molecule has 8 heteroatoms. The molecule has 0 aliphatic carbocycles. The van der Waals surface area contributed by atoms with Crippen molar-refractivity contribution in [1.82, 2.24) is 15.5 Å². The number of guanidine groups is 1. The van der Waals surface area contributed by atoms with Gasteiger partial charge in [-0.05, 0) is 37.5 Å². The lowest BCUT2D eigenvalue weighted by atomic mass is 9.97. The van der Waals surface area contributed by atoms with Gasteiger partial charge in [0, 0.05) is 32.2 Å². The van der Waals surface area contributed by atoms with Crippen LogP contribution in [-0.4, -0.2) is 56.5 Å². The van der Waals surface area contributed by atoms with Crippen LogP contribution in [0.2, 0.25) is 0 Å². The maximum Gasteiger partial charge on any atom is 0.308 e. The SMILES string of the molecule is CCNC(=NCc1ccc(C(=O)NC)cc1)N1CCC(C(=O)OC)CC1.I. The van der Waals surface area contributed by atoms with E-state index in [1.54, 1.807) is 19.2 Å². The zero-order chi connectivity index (χ0) is 18.9. The number of methoxy groups -OCH3 is 1. The van der Waals surface area contributed by atoms with E-state index in [2.05, 4.69) is 15.5 Å². The van der Waals surface area contributed by atoms with Crippen LogP contribution in [0, 0.1) is 5.92 Å². The Kier molecular flexibility index (Phi) is 10.1. The van der Waals surface area contributed by atoms with E-state index in [4.69, 9.17) is 9.73 Å². The maximum atomic E-state index is 11.7. The third kappa shape index (κ3) is 6.67. The minimum atomic E-state index is -0.122. The number of carbonyl (C=O) groups excluding carboxylic acids is 2. The molecule has 1 amide bonds. The lowest BCUT2D eigenvalue weighted by Gasteiger charge is -2.33. The fourth-order valence-corrected chi connectivity index (χ4v) is 2.99. The van der Waals surface area contributed by atoms with Crippen molar-refractivity contribution in [2.24, 2.45) is 10.9 Å². The monoisotopic (exact) mass is 488 g/mol. The fraction of sp³-hybridized carbons (Fsp3) is 0.526. The molecule has 0 bridgehead atoms. The Hall–Kier alpha value is -1.84. The first-order chi connectivity index (χ1) is 12.6. The highest BCUT2D eigenvalue weighted by Crippen LogP contribution is 2.18. The number of halogens is 1. The van der Waals surface area contributed by atoms with E-state index in [-0.39, 0.29) is 41.8 Å². The van der Waals surface area contributed by atoms with Gasteiger partial charge in [-0.25, -0.2) is 4.99 Å². The van der Waals surface area contributed by atoms with E-state index >= 15 is 0 Å². The van der Waals surface area contributed by atoms with Crippen LogP contribution in [0.3, 0.4) is 0 Å². The third-order valence-electron chi connectivity index (χ3n) is 4.52. The van der Waals surface area contributed by atoms with E-state index in [9.17, 15) is 9.59 Å². The Balaban J connectivity index is 0.00000364. The number of amides is 1. The third-order valence-corrected chi connectivity index (χ3v) is 4.52. The molecule has 1 fully saturated rings. The number of ether oxygens (including phenoxy) is 1. The Morgan fingerprint density at radius 3 is 2.37 bits per heavy atom. The fourth-order valence-electron chi connectivity index (χ4n) is 2.99. The second-order valence-electron chi connectivity index (χ2n) is 6.23. The molecule has 0 unspecified atom stereocenters. The van der Waals surface area contributed by atoms with Gasteiger partial charge >= 0.3 is 5.97 Å². The van der Waals surface area contributed by atoms with Gasteiger partial charge < -0.3 is 20.3 Å². The molecule has 0 aromatic heterocycles. The molecule has 0 atom stereocenters. The summed E-state index contributed by atoms with van der Waals surface area (Å²) in [4.78, 5) is 30.1. The number of aliphatic imine (C=N–C) groups is 1. The number of likely N-dealkylation sites (tertiary alicyclic amines) is 1. The number of nitrogens with zero attached hydrogens (tertiary/aromatic N) is 2. The van der Waals surface area contributed by atoms with Crippen molar-refractivity contribution in [3.63, 3.8) is 0 Å². The Bertz CT molecular complexity index is 641. The molecule has 1 saturated heterocycles. The highest BCUT2D eigenvalue weighted by atomic mass is 127. The molecule has 0 saturated carbocycles. The van der Waals surface area contributed by atoms with Crippen molar-refractivity contribution >= 4 is 41.8 Å². The van der Waals surface area contributed by atoms with Crippen molar-refractivity contribution in [3.05, 3.63) is 35.4 Å². The number of hydrogen-bond donors (Lipinski definition) is 2. The van der Waals surface area contributed by atoms with Crippen LogP contribution in [0.25, 0.3) is 0 Å². The number of rotatable bonds is 5. The molecule has 1 heterocycles. The average Bonchev–Trinajstić information content (AvgIpc) is 2.70. The summed E-state index contributed by atoms with van der Waals surface area (Å²) in [6.07, 6.45) is 1.55. The molecule has 2 rings (SSSR count). The van der Waals surface area contributed by atoms with Gasteiger partial charge in [0.1, 0.15) is 0 Å². The van der Waals surface area contributed by atoms with Gasteiger partial charge in [-0.15, -0.1) is 24.0 Å². The van der Waals surface area contributed by atoms with Gasteiger partial charge in [-0.2, -0.15) is 0 Å². The summed E-state index contributed by atoms with van der Waals surface area (Å²) in [6.45, 7) is 4.91. The van der Waals surface area contributed by atoms with Gasteiger partial charge in [-0.1, -0.05) is 12.1 Å². The van der Waals surface area contributed by atoms with Crippen LogP contribution in [0.1, 0.15) is 35.7 Å². The average molecular weight is 488 g/mol. The van der Waals surface area contributed by atoms with E-state index in [1.165, 1.54) is 7.11 Å². The summed E-state index contributed by atoms with van der Waals surface area (Å²) < 4.78 is 4.84. The first-order valence-electron chi connectivity index (χ1n) is 9.01. The topological polar surface area (TPSA) is 83.0 Å². The number of nitrogens with one attached hydrogen (secondary N) is 2. The van der Waals surface area contributed by atoms with Crippen LogP contribution in [0.5, 0.6) is 0 Å². The molecule has 2 N–H and O–H groups in total. The van der Waals surface area contributed by atoms with E-state index in [0.717, 1.165) is 44.0 Å².